The van der Waals surface area contributed by atoms with E-state index in [-0.39, 0.29) is 6.17 Å². The molecule has 0 amide bonds. The quantitative estimate of drug-likeness (QED) is 0.0945. The molecule has 1 atom stereocenters. The summed E-state index contributed by atoms with van der Waals surface area (Å²) in [6.45, 7) is 8.29. The van der Waals surface area contributed by atoms with Crippen LogP contribution in [0, 0.1) is 5.41 Å². The molecule has 64 heavy (non-hydrogen) atoms. The van der Waals surface area contributed by atoms with Crippen molar-refractivity contribution in [2.75, 3.05) is 5.32 Å². The van der Waals surface area contributed by atoms with Crippen LogP contribution in [0.3, 0.4) is 0 Å². The van der Waals surface area contributed by atoms with Gasteiger partial charge in [0.15, 0.2) is 5.84 Å². The first kappa shape index (κ1) is 40.7. The first-order valence-corrected chi connectivity index (χ1v) is 21.8. The van der Waals surface area contributed by atoms with Gasteiger partial charge in [0.2, 0.25) is 0 Å². The number of anilines is 2. The van der Waals surface area contributed by atoms with Crippen LogP contribution in [0.4, 0.5) is 11.4 Å². The predicted octanol–water partition coefficient (Wildman–Crippen LogP) is 12.4. The van der Waals surface area contributed by atoms with E-state index in [9.17, 15) is 0 Å². The molecule has 8 aromatic carbocycles. The van der Waals surface area contributed by atoms with Crippen LogP contribution in [0.25, 0.3) is 44.2 Å². The molecular formula is C56H48BN5O2. The van der Waals surface area contributed by atoms with E-state index >= 15 is 0 Å². The Labute approximate surface area is 375 Å². The van der Waals surface area contributed by atoms with Crippen molar-refractivity contribution in [1.82, 2.24) is 5.32 Å². The Morgan fingerprint density at radius 2 is 1.11 bits per heavy atom. The summed E-state index contributed by atoms with van der Waals surface area (Å²) in [5.74, 6) is 1.48. The molecule has 8 aromatic rings. The zero-order chi connectivity index (χ0) is 43.8. The molecule has 2 heterocycles. The van der Waals surface area contributed by atoms with E-state index in [4.69, 9.17) is 24.7 Å². The van der Waals surface area contributed by atoms with Gasteiger partial charge >= 0.3 is 7.12 Å². The second kappa shape index (κ2) is 16.7. The number of amidine groups is 2. The lowest BCUT2D eigenvalue weighted by Crippen LogP contribution is -2.41. The Bertz CT molecular complexity index is 3090. The molecule has 1 unspecified atom stereocenters. The molecule has 3 N–H and O–H groups in total. The highest BCUT2D eigenvalue weighted by Crippen LogP contribution is 2.38. The van der Waals surface area contributed by atoms with Gasteiger partial charge in [-0.2, -0.15) is 0 Å². The standard InChI is InChI=1S/C56H48BN5O2/c1-55(2)56(3,4)64-57(63-55)47-25-13-22-43(33-47)45-28-27-37-29-30-51(50(36-58)49(37)35-45)59-48-26-14-23-44(34-48)41-20-11-19-40(31-41)42-21-12-24-46(32-42)54-61-52(38-15-7-5-8-16-38)60-53(62-54)39-17-9-6-10-18-39/h5-36,52,58-59H,1-4H3,(H,60,61,62). The van der Waals surface area contributed by atoms with Gasteiger partial charge in [-0.15, -0.1) is 0 Å². The molecule has 1 fully saturated rings. The van der Waals surface area contributed by atoms with Crippen molar-refractivity contribution in [3.8, 4) is 33.4 Å². The summed E-state index contributed by atoms with van der Waals surface area (Å²) in [7, 11) is -0.444. The summed E-state index contributed by atoms with van der Waals surface area (Å²) in [5.41, 5.74) is 12.3. The number of fused-ring (bicyclic) bond motifs is 1. The van der Waals surface area contributed by atoms with Crippen molar-refractivity contribution in [2.45, 2.75) is 45.1 Å². The summed E-state index contributed by atoms with van der Waals surface area (Å²) in [6.07, 6.45) is 1.18. The van der Waals surface area contributed by atoms with Gasteiger partial charge in [-0.3, -0.25) is 0 Å². The Morgan fingerprint density at radius 1 is 0.562 bits per heavy atom. The lowest BCUT2D eigenvalue weighted by atomic mass is 9.78. The largest absolute Gasteiger partial charge is 0.494 e. The number of hydrogen-bond donors (Lipinski definition) is 3. The lowest BCUT2D eigenvalue weighted by molar-refractivity contribution is 0.00578. The normalized spacial score (nSPS) is 16.4. The van der Waals surface area contributed by atoms with E-state index in [1.54, 1.807) is 0 Å². The minimum Gasteiger partial charge on any atom is -0.399 e. The average molecular weight is 834 g/mol. The fraction of sp³-hybridized carbons (Fsp3) is 0.125. The molecule has 0 bridgehead atoms. The average Bonchev–Trinajstić information content (AvgIpc) is 3.57. The Kier molecular flexibility index (Phi) is 10.6. The third-order valence-corrected chi connectivity index (χ3v) is 12.6. The van der Waals surface area contributed by atoms with Gasteiger partial charge in [0, 0.05) is 34.3 Å². The molecule has 10 rings (SSSR count). The van der Waals surface area contributed by atoms with Crippen LogP contribution >= 0.6 is 0 Å². The van der Waals surface area contributed by atoms with Crippen LogP contribution in [0.5, 0.6) is 0 Å². The van der Waals surface area contributed by atoms with Gasteiger partial charge in [-0.25, -0.2) is 9.98 Å². The zero-order valence-corrected chi connectivity index (χ0v) is 36.3. The first-order valence-electron chi connectivity index (χ1n) is 21.8. The maximum absolute atomic E-state index is 8.58. The maximum atomic E-state index is 8.58. The van der Waals surface area contributed by atoms with Gasteiger partial charge in [0.05, 0.1) is 11.2 Å². The molecule has 0 aliphatic carbocycles. The van der Waals surface area contributed by atoms with Crippen LogP contribution in [0.15, 0.2) is 198 Å². The van der Waals surface area contributed by atoms with Crippen molar-refractivity contribution in [3.05, 3.63) is 210 Å². The Morgan fingerprint density at radius 3 is 1.80 bits per heavy atom. The minimum absolute atomic E-state index is 0.268. The van der Waals surface area contributed by atoms with Crippen molar-refractivity contribution < 1.29 is 9.31 Å². The van der Waals surface area contributed by atoms with E-state index in [0.29, 0.717) is 5.84 Å². The highest BCUT2D eigenvalue weighted by Gasteiger charge is 2.51. The number of nitrogens with one attached hydrogen (secondary N) is 3. The summed E-state index contributed by atoms with van der Waals surface area (Å²) in [4.78, 5) is 10.1. The molecule has 0 aromatic heterocycles. The molecule has 0 saturated carbocycles. The zero-order valence-electron chi connectivity index (χ0n) is 36.3. The van der Waals surface area contributed by atoms with Gasteiger partial charge in [0.25, 0.3) is 0 Å². The SMILES string of the molecule is CC1(C)OB(c2cccc(-c3ccc4ccc(Nc5cccc(-c6cccc(-c7cccc(C8=NC(c9ccccc9)=NC(c9ccccc9)N8)c7)c6)c5)c(C=N)c4c3)c2)OC1(C)C. The third-order valence-electron chi connectivity index (χ3n) is 12.6. The van der Waals surface area contributed by atoms with Crippen LogP contribution in [-0.4, -0.2) is 36.2 Å². The molecule has 7 nitrogen and oxygen atoms in total. The molecular weight excluding hydrogens is 785 g/mol. The van der Waals surface area contributed by atoms with Crippen LogP contribution in [0.2, 0.25) is 0 Å². The monoisotopic (exact) mass is 833 g/mol. The van der Waals surface area contributed by atoms with Gasteiger partial charge < -0.3 is 25.4 Å². The molecule has 0 radical (unpaired) electrons. The van der Waals surface area contributed by atoms with Gasteiger partial charge in [0.1, 0.15) is 12.0 Å². The highest BCUT2D eigenvalue weighted by molar-refractivity contribution is 6.62. The lowest BCUT2D eigenvalue weighted by Gasteiger charge is -2.32. The maximum Gasteiger partial charge on any atom is 0.494 e. The van der Waals surface area contributed by atoms with E-state index in [1.165, 1.54) is 6.21 Å². The van der Waals surface area contributed by atoms with E-state index in [1.807, 2.05) is 36.4 Å². The Balaban J connectivity index is 0.912. The molecule has 312 valence electrons. The fourth-order valence-electron chi connectivity index (χ4n) is 8.41. The second-order valence-electron chi connectivity index (χ2n) is 17.4. The number of benzene rings is 8. The molecule has 1 saturated heterocycles. The molecule has 0 spiro atoms. The van der Waals surface area contributed by atoms with Crippen molar-refractivity contribution >= 4 is 52.6 Å². The van der Waals surface area contributed by atoms with Crippen molar-refractivity contribution in [1.29, 1.82) is 5.41 Å². The van der Waals surface area contributed by atoms with E-state index in [2.05, 4.69) is 190 Å². The predicted molar refractivity (Wildman–Crippen MR) is 265 cm³/mol. The number of rotatable bonds is 10. The summed E-state index contributed by atoms with van der Waals surface area (Å²) in [5, 5.41) is 17.9. The molecule has 2 aliphatic rings. The van der Waals surface area contributed by atoms with Crippen LogP contribution < -0.4 is 16.1 Å². The fourth-order valence-corrected chi connectivity index (χ4v) is 8.41. The van der Waals surface area contributed by atoms with E-state index in [0.717, 1.165) is 89.1 Å². The third kappa shape index (κ3) is 8.05. The summed E-state index contributed by atoms with van der Waals surface area (Å²) < 4.78 is 12.7. The number of hydrogen-bond acceptors (Lipinski definition) is 7. The summed E-state index contributed by atoms with van der Waals surface area (Å²) in [6, 6.07) is 65.0. The number of aliphatic imine (C=N–C) groups is 2. The van der Waals surface area contributed by atoms with Crippen LogP contribution in [0.1, 0.15) is 56.1 Å². The van der Waals surface area contributed by atoms with Crippen molar-refractivity contribution in [3.63, 3.8) is 0 Å². The topological polar surface area (TPSA) is 91.1 Å². The Hall–Kier alpha value is -7.39. The second-order valence-corrected chi connectivity index (χ2v) is 17.4. The van der Waals surface area contributed by atoms with Crippen LogP contribution in [-0.2, 0) is 9.31 Å². The van der Waals surface area contributed by atoms with Crippen molar-refractivity contribution in [2.24, 2.45) is 9.98 Å². The first-order chi connectivity index (χ1) is 31.1. The van der Waals surface area contributed by atoms with E-state index < -0.39 is 18.3 Å². The highest BCUT2D eigenvalue weighted by atomic mass is 16.7. The molecule has 8 heteroatoms. The number of nitrogens with zero attached hydrogens (tertiary/aromatic N) is 2. The summed E-state index contributed by atoms with van der Waals surface area (Å²) >= 11 is 0. The molecule has 2 aliphatic heterocycles. The van der Waals surface area contributed by atoms with Gasteiger partial charge in [-0.1, -0.05) is 152 Å². The van der Waals surface area contributed by atoms with Gasteiger partial charge in [-0.05, 0) is 119 Å². The minimum atomic E-state index is -0.444. The smallest absolute Gasteiger partial charge is 0.399 e.